The molecule has 0 unspecified atom stereocenters. The zero-order chi connectivity index (χ0) is 27.5. The molecular weight excluding hydrogens is 522 g/mol. The van der Waals surface area contributed by atoms with E-state index in [0.717, 1.165) is 16.7 Å². The van der Waals surface area contributed by atoms with Crippen LogP contribution in [-0.2, 0) is 20.0 Å². The Balaban J connectivity index is 1.41. The summed E-state index contributed by atoms with van der Waals surface area (Å²) in [6, 6.07) is 23.8. The molecule has 4 rings (SSSR count). The predicted molar refractivity (Wildman–Crippen MR) is 150 cm³/mol. The molecule has 0 atom stereocenters. The number of hydrogen-bond acceptors (Lipinski definition) is 5. The van der Waals surface area contributed by atoms with Crippen molar-refractivity contribution in [1.82, 2.24) is 0 Å². The Bertz CT molecular complexity index is 1660. The van der Waals surface area contributed by atoms with E-state index in [1.807, 2.05) is 39.0 Å². The first kappa shape index (κ1) is 26.9. The molecule has 0 bridgehead atoms. The van der Waals surface area contributed by atoms with E-state index < -0.39 is 26.0 Å². The third-order valence-electron chi connectivity index (χ3n) is 5.87. The first-order valence-corrected chi connectivity index (χ1v) is 14.6. The van der Waals surface area contributed by atoms with Gasteiger partial charge in [-0.3, -0.25) is 14.2 Å². The maximum atomic E-state index is 12.9. The monoisotopic (exact) mass is 549 g/mol. The van der Waals surface area contributed by atoms with Crippen LogP contribution in [0, 0.1) is 20.8 Å². The second kappa shape index (κ2) is 10.7. The fraction of sp³-hybridized carbons (Fsp3) is 0.107. The fourth-order valence-electron chi connectivity index (χ4n) is 3.71. The zero-order valence-corrected chi connectivity index (χ0v) is 22.7. The van der Waals surface area contributed by atoms with Gasteiger partial charge in [-0.2, -0.15) is 0 Å². The van der Waals surface area contributed by atoms with Crippen molar-refractivity contribution in [3.05, 3.63) is 113 Å². The van der Waals surface area contributed by atoms with Gasteiger partial charge in [-0.15, -0.1) is 0 Å². The minimum Gasteiger partial charge on any atom is -0.322 e. The van der Waals surface area contributed by atoms with Crippen molar-refractivity contribution in [2.45, 2.75) is 30.6 Å². The number of amides is 1. The highest BCUT2D eigenvalue weighted by molar-refractivity contribution is 7.93. The molecule has 4 aromatic carbocycles. The van der Waals surface area contributed by atoms with Gasteiger partial charge < -0.3 is 5.32 Å². The number of carbonyl (C=O) groups excluding carboxylic acids is 1. The average molecular weight is 550 g/mol. The minimum atomic E-state index is -3.82. The van der Waals surface area contributed by atoms with Gasteiger partial charge in [0.25, 0.3) is 26.0 Å². The number of anilines is 3. The molecule has 8 nitrogen and oxygen atoms in total. The molecule has 0 aliphatic rings. The van der Waals surface area contributed by atoms with Crippen LogP contribution >= 0.6 is 0 Å². The third kappa shape index (κ3) is 6.21. The lowest BCUT2D eigenvalue weighted by atomic mass is 10.1. The van der Waals surface area contributed by atoms with Gasteiger partial charge in [0, 0.05) is 16.9 Å². The molecule has 3 N–H and O–H groups in total. The van der Waals surface area contributed by atoms with E-state index in [4.69, 9.17) is 0 Å². The van der Waals surface area contributed by atoms with Crippen molar-refractivity contribution >= 4 is 43.0 Å². The Labute approximate surface area is 222 Å². The van der Waals surface area contributed by atoms with Crippen molar-refractivity contribution < 1.29 is 21.6 Å². The number of para-hydroxylation sites is 1. The Morgan fingerprint density at radius 3 is 1.61 bits per heavy atom. The van der Waals surface area contributed by atoms with Crippen LogP contribution < -0.4 is 14.8 Å². The maximum Gasteiger partial charge on any atom is 0.261 e. The summed E-state index contributed by atoms with van der Waals surface area (Å²) in [5, 5.41) is 2.71. The number of benzene rings is 4. The molecule has 0 heterocycles. The van der Waals surface area contributed by atoms with Gasteiger partial charge in [0.1, 0.15) is 0 Å². The Morgan fingerprint density at radius 2 is 1.05 bits per heavy atom. The summed E-state index contributed by atoms with van der Waals surface area (Å²) in [4.78, 5) is 12.9. The SMILES string of the molecule is Cc1ccc(S(=O)(=O)Nc2ccc(C(=O)Nc3ccc(S(=O)(=O)Nc4c(C)cccc4C)cc3)cc2)cc1. The zero-order valence-electron chi connectivity index (χ0n) is 21.0. The van der Waals surface area contributed by atoms with Gasteiger partial charge in [0.15, 0.2) is 0 Å². The van der Waals surface area contributed by atoms with Crippen LogP contribution in [0.25, 0.3) is 0 Å². The molecule has 0 aliphatic carbocycles. The third-order valence-corrected chi connectivity index (χ3v) is 8.63. The highest BCUT2D eigenvalue weighted by Crippen LogP contribution is 2.24. The molecule has 0 saturated heterocycles. The molecule has 4 aromatic rings. The Morgan fingerprint density at radius 1 is 0.579 bits per heavy atom. The number of rotatable bonds is 8. The molecule has 196 valence electrons. The quantitative estimate of drug-likeness (QED) is 0.269. The number of nitrogens with one attached hydrogen (secondary N) is 3. The molecule has 0 spiro atoms. The topological polar surface area (TPSA) is 121 Å². The van der Waals surface area contributed by atoms with Gasteiger partial charge in [-0.1, -0.05) is 35.9 Å². The average Bonchev–Trinajstić information content (AvgIpc) is 2.87. The van der Waals surface area contributed by atoms with Gasteiger partial charge in [0.2, 0.25) is 0 Å². The first-order chi connectivity index (χ1) is 17.9. The lowest BCUT2D eigenvalue weighted by Gasteiger charge is -2.13. The Hall–Kier alpha value is -4.15. The van der Waals surface area contributed by atoms with Crippen LogP contribution in [0.5, 0.6) is 0 Å². The van der Waals surface area contributed by atoms with Crippen molar-refractivity contribution in [3.63, 3.8) is 0 Å². The molecule has 0 fully saturated rings. The van der Waals surface area contributed by atoms with Crippen molar-refractivity contribution in [1.29, 1.82) is 0 Å². The van der Waals surface area contributed by atoms with Crippen molar-refractivity contribution in [3.8, 4) is 0 Å². The summed E-state index contributed by atoms with van der Waals surface area (Å²) < 4.78 is 56.0. The molecule has 10 heteroatoms. The second-order valence-electron chi connectivity index (χ2n) is 8.85. The van der Waals surface area contributed by atoms with Gasteiger partial charge in [-0.05, 0) is 92.6 Å². The molecule has 0 aromatic heterocycles. The highest BCUT2D eigenvalue weighted by atomic mass is 32.2. The number of aryl methyl sites for hydroxylation is 3. The van der Waals surface area contributed by atoms with Gasteiger partial charge >= 0.3 is 0 Å². The minimum absolute atomic E-state index is 0.0587. The number of carbonyl (C=O) groups is 1. The van der Waals surface area contributed by atoms with E-state index in [0.29, 0.717) is 22.6 Å². The lowest BCUT2D eigenvalue weighted by molar-refractivity contribution is 0.102. The summed E-state index contributed by atoms with van der Waals surface area (Å²) in [5.74, 6) is -0.429. The van der Waals surface area contributed by atoms with E-state index in [9.17, 15) is 21.6 Å². The van der Waals surface area contributed by atoms with Gasteiger partial charge in [0.05, 0.1) is 15.5 Å². The largest absolute Gasteiger partial charge is 0.322 e. The smallest absolute Gasteiger partial charge is 0.261 e. The van der Waals surface area contributed by atoms with Crippen LogP contribution in [0.3, 0.4) is 0 Å². The highest BCUT2D eigenvalue weighted by Gasteiger charge is 2.17. The normalized spacial score (nSPS) is 11.6. The molecular formula is C28H27N3O5S2. The summed E-state index contributed by atoms with van der Waals surface area (Å²) in [7, 11) is -7.57. The van der Waals surface area contributed by atoms with E-state index in [1.54, 1.807) is 12.1 Å². The fourth-order valence-corrected chi connectivity index (χ4v) is 5.97. The van der Waals surface area contributed by atoms with Crippen molar-refractivity contribution in [2.24, 2.45) is 0 Å². The van der Waals surface area contributed by atoms with Crippen LogP contribution in [0.2, 0.25) is 0 Å². The van der Waals surface area contributed by atoms with Crippen LogP contribution in [0.4, 0.5) is 17.1 Å². The molecule has 38 heavy (non-hydrogen) atoms. The van der Waals surface area contributed by atoms with E-state index >= 15 is 0 Å². The van der Waals surface area contributed by atoms with Crippen LogP contribution in [0.15, 0.2) is 101 Å². The number of hydrogen-bond donors (Lipinski definition) is 3. The van der Waals surface area contributed by atoms with E-state index in [1.165, 1.54) is 60.7 Å². The summed E-state index contributed by atoms with van der Waals surface area (Å²) in [6.07, 6.45) is 0. The molecule has 1 amide bonds. The lowest BCUT2D eigenvalue weighted by Crippen LogP contribution is -2.15. The van der Waals surface area contributed by atoms with Gasteiger partial charge in [-0.25, -0.2) is 16.8 Å². The predicted octanol–water partition coefficient (Wildman–Crippen LogP) is 5.47. The Kier molecular flexibility index (Phi) is 7.56. The van der Waals surface area contributed by atoms with Crippen molar-refractivity contribution in [2.75, 3.05) is 14.8 Å². The summed E-state index contributed by atoms with van der Waals surface area (Å²) >= 11 is 0. The molecule has 0 saturated carbocycles. The first-order valence-electron chi connectivity index (χ1n) is 11.6. The standard InChI is InChI=1S/C28H27N3O5S2/c1-19-7-15-25(16-8-19)37(33,34)30-24-11-9-22(10-12-24)28(32)29-23-13-17-26(18-14-23)38(35,36)31-27-20(2)5-4-6-21(27)3/h4-18,30-31H,1-3H3,(H,29,32). The number of sulfonamides is 2. The molecule has 0 aliphatic heterocycles. The maximum absolute atomic E-state index is 12.9. The summed E-state index contributed by atoms with van der Waals surface area (Å²) in [6.45, 7) is 5.53. The van der Waals surface area contributed by atoms with Crippen LogP contribution in [0.1, 0.15) is 27.0 Å². The second-order valence-corrected chi connectivity index (χ2v) is 12.2. The van der Waals surface area contributed by atoms with E-state index in [2.05, 4.69) is 14.8 Å². The summed E-state index contributed by atoms with van der Waals surface area (Å²) in [5.41, 5.74) is 4.13. The van der Waals surface area contributed by atoms with E-state index in [-0.39, 0.29) is 9.79 Å². The van der Waals surface area contributed by atoms with Crippen LogP contribution in [-0.4, -0.2) is 22.7 Å². The molecule has 0 radical (unpaired) electrons.